The summed E-state index contributed by atoms with van der Waals surface area (Å²) in [6, 6.07) is 12.0. The predicted molar refractivity (Wildman–Crippen MR) is 106 cm³/mol. The standard InChI is InChI=1S/C21H27N3O3/c1-26-19-11-15-7-9-24(14-17(15)12-20(19)27-2)10-8-23-18-6-4-3-5-16(18)13-21(22)25/h3-6,11-12,23H,7-10,13-14H2,1-2H3,(H2,22,25). The molecule has 0 aliphatic carbocycles. The Bertz CT molecular complexity index is 807. The van der Waals surface area contributed by atoms with Gasteiger partial charge in [0.2, 0.25) is 5.91 Å². The number of nitrogens with one attached hydrogen (secondary N) is 1. The third-order valence-electron chi connectivity index (χ3n) is 4.92. The van der Waals surface area contributed by atoms with E-state index in [2.05, 4.69) is 22.3 Å². The molecule has 27 heavy (non-hydrogen) atoms. The number of ether oxygens (including phenoxy) is 2. The summed E-state index contributed by atoms with van der Waals surface area (Å²) >= 11 is 0. The van der Waals surface area contributed by atoms with E-state index in [4.69, 9.17) is 15.2 Å². The number of anilines is 1. The Labute approximate surface area is 160 Å². The van der Waals surface area contributed by atoms with E-state index in [0.29, 0.717) is 0 Å². The first-order valence-electron chi connectivity index (χ1n) is 9.17. The summed E-state index contributed by atoms with van der Waals surface area (Å²) in [5, 5.41) is 3.44. The Balaban J connectivity index is 1.59. The maximum absolute atomic E-state index is 11.2. The van der Waals surface area contributed by atoms with Crippen LogP contribution in [0.25, 0.3) is 0 Å². The third kappa shape index (κ3) is 4.71. The van der Waals surface area contributed by atoms with Crippen LogP contribution >= 0.6 is 0 Å². The Morgan fingerprint density at radius 2 is 1.85 bits per heavy atom. The van der Waals surface area contributed by atoms with E-state index >= 15 is 0 Å². The molecule has 1 heterocycles. The molecule has 0 aromatic heterocycles. The average Bonchev–Trinajstić information content (AvgIpc) is 2.67. The highest BCUT2D eigenvalue weighted by molar-refractivity contribution is 5.78. The number of primary amides is 1. The van der Waals surface area contributed by atoms with E-state index in [-0.39, 0.29) is 12.3 Å². The van der Waals surface area contributed by atoms with Gasteiger partial charge in [-0.05, 0) is 41.3 Å². The fourth-order valence-corrected chi connectivity index (χ4v) is 3.52. The highest BCUT2D eigenvalue weighted by atomic mass is 16.5. The van der Waals surface area contributed by atoms with Crippen LogP contribution in [-0.2, 0) is 24.2 Å². The van der Waals surface area contributed by atoms with Crippen LogP contribution in [0.5, 0.6) is 11.5 Å². The van der Waals surface area contributed by atoms with Crippen LogP contribution in [0, 0.1) is 0 Å². The highest BCUT2D eigenvalue weighted by Crippen LogP contribution is 2.33. The number of rotatable bonds is 8. The molecular weight excluding hydrogens is 342 g/mol. The van der Waals surface area contributed by atoms with Crippen LogP contribution in [0.4, 0.5) is 5.69 Å². The van der Waals surface area contributed by atoms with E-state index in [1.165, 1.54) is 11.1 Å². The summed E-state index contributed by atoms with van der Waals surface area (Å²) < 4.78 is 10.8. The number of methoxy groups -OCH3 is 2. The second kappa shape index (κ2) is 8.77. The van der Waals surface area contributed by atoms with Gasteiger partial charge in [0, 0.05) is 31.9 Å². The maximum Gasteiger partial charge on any atom is 0.221 e. The van der Waals surface area contributed by atoms with E-state index in [1.807, 2.05) is 24.3 Å². The number of hydrogen-bond donors (Lipinski definition) is 2. The molecule has 1 amide bonds. The molecule has 0 saturated heterocycles. The van der Waals surface area contributed by atoms with Crippen molar-refractivity contribution in [1.29, 1.82) is 0 Å². The van der Waals surface area contributed by atoms with Crippen molar-refractivity contribution >= 4 is 11.6 Å². The maximum atomic E-state index is 11.2. The molecule has 2 aromatic carbocycles. The van der Waals surface area contributed by atoms with Gasteiger partial charge in [-0.15, -0.1) is 0 Å². The SMILES string of the molecule is COc1cc2c(cc1OC)CN(CCNc1ccccc1CC(N)=O)CC2. The fourth-order valence-electron chi connectivity index (χ4n) is 3.52. The molecule has 0 fully saturated rings. The molecule has 0 spiro atoms. The molecular formula is C21H27N3O3. The molecule has 0 radical (unpaired) electrons. The minimum absolute atomic E-state index is 0.252. The molecule has 6 nitrogen and oxygen atoms in total. The lowest BCUT2D eigenvalue weighted by Crippen LogP contribution is -2.34. The van der Waals surface area contributed by atoms with E-state index < -0.39 is 0 Å². The van der Waals surface area contributed by atoms with Crippen molar-refractivity contribution in [3.63, 3.8) is 0 Å². The zero-order chi connectivity index (χ0) is 19.2. The van der Waals surface area contributed by atoms with Gasteiger partial charge in [-0.3, -0.25) is 9.69 Å². The first-order chi connectivity index (χ1) is 13.1. The van der Waals surface area contributed by atoms with Crippen molar-refractivity contribution in [3.05, 3.63) is 53.1 Å². The minimum atomic E-state index is -0.318. The molecule has 0 atom stereocenters. The largest absolute Gasteiger partial charge is 0.493 e. The van der Waals surface area contributed by atoms with Crippen LogP contribution in [0.1, 0.15) is 16.7 Å². The molecule has 3 N–H and O–H groups in total. The number of amides is 1. The molecule has 1 aliphatic heterocycles. The molecule has 0 saturated carbocycles. The zero-order valence-electron chi connectivity index (χ0n) is 16.0. The number of nitrogens with two attached hydrogens (primary N) is 1. The van der Waals surface area contributed by atoms with E-state index in [1.54, 1.807) is 14.2 Å². The van der Waals surface area contributed by atoms with Gasteiger partial charge >= 0.3 is 0 Å². The Morgan fingerprint density at radius 1 is 1.15 bits per heavy atom. The summed E-state index contributed by atoms with van der Waals surface area (Å²) in [6.45, 7) is 3.62. The number of benzene rings is 2. The van der Waals surface area contributed by atoms with Crippen LogP contribution in [-0.4, -0.2) is 44.7 Å². The molecule has 144 valence electrons. The van der Waals surface area contributed by atoms with Crippen molar-refractivity contribution in [2.45, 2.75) is 19.4 Å². The number of nitrogens with zero attached hydrogens (tertiary/aromatic N) is 1. The lowest BCUT2D eigenvalue weighted by molar-refractivity contribution is -0.117. The topological polar surface area (TPSA) is 76.8 Å². The first kappa shape index (κ1) is 19.0. The van der Waals surface area contributed by atoms with Gasteiger partial charge in [-0.25, -0.2) is 0 Å². The summed E-state index contributed by atoms with van der Waals surface area (Å²) in [4.78, 5) is 13.6. The normalized spacial score (nSPS) is 13.7. The van der Waals surface area contributed by atoms with E-state index in [0.717, 1.165) is 55.3 Å². The second-order valence-electron chi connectivity index (χ2n) is 6.73. The monoisotopic (exact) mass is 369 g/mol. The quantitative estimate of drug-likeness (QED) is 0.746. The summed E-state index contributed by atoms with van der Waals surface area (Å²) in [7, 11) is 3.33. The van der Waals surface area contributed by atoms with Crippen molar-refractivity contribution < 1.29 is 14.3 Å². The van der Waals surface area contributed by atoms with Crippen LogP contribution in [0.3, 0.4) is 0 Å². The number of carbonyl (C=O) groups excluding carboxylic acids is 1. The second-order valence-corrected chi connectivity index (χ2v) is 6.73. The van der Waals surface area contributed by atoms with E-state index in [9.17, 15) is 4.79 Å². The highest BCUT2D eigenvalue weighted by Gasteiger charge is 2.19. The first-order valence-corrected chi connectivity index (χ1v) is 9.17. The number of fused-ring (bicyclic) bond motifs is 1. The number of para-hydroxylation sites is 1. The van der Waals surface area contributed by atoms with Crippen LogP contribution in [0.15, 0.2) is 36.4 Å². The molecule has 6 heteroatoms. The smallest absolute Gasteiger partial charge is 0.221 e. The summed E-state index contributed by atoms with van der Waals surface area (Å²) in [6.07, 6.45) is 1.25. The number of carbonyl (C=O) groups is 1. The number of hydrogen-bond acceptors (Lipinski definition) is 5. The lowest BCUT2D eigenvalue weighted by atomic mass is 9.99. The van der Waals surface area contributed by atoms with Crippen molar-refractivity contribution in [2.75, 3.05) is 39.2 Å². The molecule has 0 bridgehead atoms. The van der Waals surface area contributed by atoms with Gasteiger partial charge in [-0.2, -0.15) is 0 Å². The van der Waals surface area contributed by atoms with Gasteiger partial charge in [0.15, 0.2) is 11.5 Å². The van der Waals surface area contributed by atoms with Crippen molar-refractivity contribution in [3.8, 4) is 11.5 Å². The summed E-state index contributed by atoms with van der Waals surface area (Å²) in [5.41, 5.74) is 9.85. The Morgan fingerprint density at radius 3 is 2.56 bits per heavy atom. The molecule has 0 unspecified atom stereocenters. The zero-order valence-corrected chi connectivity index (χ0v) is 16.0. The van der Waals surface area contributed by atoms with Crippen LogP contribution in [0.2, 0.25) is 0 Å². The predicted octanol–water partition coefficient (Wildman–Crippen LogP) is 2.20. The molecule has 1 aliphatic rings. The van der Waals surface area contributed by atoms with Gasteiger partial charge in [0.05, 0.1) is 20.6 Å². The lowest BCUT2D eigenvalue weighted by Gasteiger charge is -2.29. The Kier molecular flexibility index (Phi) is 6.19. The average molecular weight is 369 g/mol. The van der Waals surface area contributed by atoms with Crippen molar-refractivity contribution in [1.82, 2.24) is 4.90 Å². The van der Waals surface area contributed by atoms with Crippen molar-refractivity contribution in [2.24, 2.45) is 5.73 Å². The summed E-state index contributed by atoms with van der Waals surface area (Å²) in [5.74, 6) is 1.25. The molecule has 3 rings (SSSR count). The van der Waals surface area contributed by atoms with Gasteiger partial charge < -0.3 is 20.5 Å². The molecule has 2 aromatic rings. The van der Waals surface area contributed by atoms with Gasteiger partial charge in [0.25, 0.3) is 0 Å². The van der Waals surface area contributed by atoms with Gasteiger partial charge in [0.1, 0.15) is 0 Å². The van der Waals surface area contributed by atoms with Gasteiger partial charge in [-0.1, -0.05) is 18.2 Å². The fraction of sp³-hybridized carbons (Fsp3) is 0.381. The van der Waals surface area contributed by atoms with Crippen LogP contribution < -0.4 is 20.5 Å². The Hall–Kier alpha value is -2.73. The minimum Gasteiger partial charge on any atom is -0.493 e. The third-order valence-corrected chi connectivity index (χ3v) is 4.92.